The third kappa shape index (κ3) is 1.36. The van der Waals surface area contributed by atoms with Crippen molar-refractivity contribution >= 4 is 0 Å². The summed E-state index contributed by atoms with van der Waals surface area (Å²) in [6, 6.07) is 10.6. The molecule has 1 unspecified atom stereocenters. The van der Waals surface area contributed by atoms with E-state index in [2.05, 4.69) is 24.4 Å². The highest BCUT2D eigenvalue weighted by Crippen LogP contribution is 2.25. The molecule has 1 aliphatic heterocycles. The summed E-state index contributed by atoms with van der Waals surface area (Å²) in [4.78, 5) is 0. The zero-order valence-electron chi connectivity index (χ0n) is 7.03. The van der Waals surface area contributed by atoms with Gasteiger partial charge in [-0.1, -0.05) is 30.3 Å². The molecule has 1 saturated heterocycles. The maximum atomic E-state index is 5.42. The molecule has 1 aromatic carbocycles. The number of nitrogens with one attached hydrogen (secondary N) is 1. The smallest absolute Gasteiger partial charge is 0.149 e. The summed E-state index contributed by atoms with van der Waals surface area (Å²) in [6.45, 7) is 3.78. The fraction of sp³-hybridized carbons (Fsp3) is 0.300. The van der Waals surface area contributed by atoms with Crippen molar-refractivity contribution in [1.82, 2.24) is 5.32 Å². The molecular weight excluding hydrogens is 150 g/mol. The lowest BCUT2D eigenvalue weighted by atomic mass is 10.0. The lowest BCUT2D eigenvalue weighted by Crippen LogP contribution is -2.20. The highest BCUT2D eigenvalue weighted by atomic mass is 16.5. The second kappa shape index (κ2) is 3.25. The van der Waals surface area contributed by atoms with Gasteiger partial charge in [0.15, 0.2) is 0 Å². The van der Waals surface area contributed by atoms with Crippen molar-refractivity contribution in [2.75, 3.05) is 0 Å². The second-order valence-electron chi connectivity index (χ2n) is 3.04. The van der Waals surface area contributed by atoms with Gasteiger partial charge in [0.05, 0.1) is 6.10 Å². The van der Waals surface area contributed by atoms with Gasteiger partial charge >= 0.3 is 0 Å². The van der Waals surface area contributed by atoms with Gasteiger partial charge in [0, 0.05) is 6.04 Å². The third-order valence-corrected chi connectivity index (χ3v) is 2.13. The van der Waals surface area contributed by atoms with Gasteiger partial charge in [-0.2, -0.15) is 0 Å². The van der Waals surface area contributed by atoms with E-state index in [0.717, 1.165) is 0 Å². The summed E-state index contributed by atoms with van der Waals surface area (Å²) in [5.41, 5.74) is 1.23. The van der Waals surface area contributed by atoms with Crippen molar-refractivity contribution in [3.8, 4) is 0 Å². The molecule has 0 bridgehead atoms. The molecule has 2 rings (SSSR count). The molecule has 1 heterocycles. The molecule has 0 amide bonds. The monoisotopic (exact) mass is 162 g/mol. The van der Waals surface area contributed by atoms with E-state index in [1.807, 2.05) is 18.2 Å². The largest absolute Gasteiger partial charge is 0.350 e. The van der Waals surface area contributed by atoms with Crippen LogP contribution in [-0.4, -0.2) is 6.04 Å². The molecule has 0 aliphatic carbocycles. The molecule has 0 saturated carbocycles. The summed E-state index contributed by atoms with van der Waals surface area (Å²) in [6.07, 6.45) is 0.172. The van der Waals surface area contributed by atoms with Crippen LogP contribution < -0.4 is 5.32 Å². The van der Waals surface area contributed by atoms with Gasteiger partial charge in [0.2, 0.25) is 0 Å². The fourth-order valence-electron chi connectivity index (χ4n) is 1.44. The van der Waals surface area contributed by atoms with E-state index in [4.69, 9.17) is 4.74 Å². The van der Waals surface area contributed by atoms with Crippen molar-refractivity contribution in [2.24, 2.45) is 0 Å². The standard InChI is InChI=1S/C10H12NO/c1-8-10(12-7-11-8)9-5-3-2-4-6-9/h2-8,10-11H,1H3/t8-,10?/m0/s1. The summed E-state index contributed by atoms with van der Waals surface area (Å²) in [5.74, 6) is 0. The summed E-state index contributed by atoms with van der Waals surface area (Å²) >= 11 is 0. The second-order valence-corrected chi connectivity index (χ2v) is 3.04. The molecule has 1 radical (unpaired) electrons. The Labute approximate surface area is 72.5 Å². The molecule has 12 heavy (non-hydrogen) atoms. The predicted octanol–water partition coefficient (Wildman–Crippen LogP) is 1.86. The van der Waals surface area contributed by atoms with E-state index in [-0.39, 0.29) is 6.10 Å². The molecule has 2 heteroatoms. The molecular formula is C10H12NO. The number of hydrogen-bond donors (Lipinski definition) is 1. The van der Waals surface area contributed by atoms with Crippen LogP contribution in [-0.2, 0) is 4.74 Å². The molecule has 2 nitrogen and oxygen atoms in total. The van der Waals surface area contributed by atoms with Crippen LogP contribution in [0.25, 0.3) is 0 Å². The number of hydrogen-bond acceptors (Lipinski definition) is 2. The molecule has 1 fully saturated rings. The Bertz CT molecular complexity index is 247. The average molecular weight is 162 g/mol. The van der Waals surface area contributed by atoms with Crippen molar-refractivity contribution in [1.29, 1.82) is 0 Å². The highest BCUT2D eigenvalue weighted by Gasteiger charge is 2.25. The van der Waals surface area contributed by atoms with E-state index in [1.54, 1.807) is 6.73 Å². The van der Waals surface area contributed by atoms with Crippen LogP contribution in [0.4, 0.5) is 0 Å². The molecule has 2 atom stereocenters. The van der Waals surface area contributed by atoms with E-state index < -0.39 is 0 Å². The summed E-state index contributed by atoms with van der Waals surface area (Å²) < 4.78 is 5.42. The molecule has 1 N–H and O–H groups in total. The zero-order chi connectivity index (χ0) is 8.39. The van der Waals surface area contributed by atoms with Gasteiger partial charge in [-0.05, 0) is 12.5 Å². The Morgan fingerprint density at radius 1 is 1.25 bits per heavy atom. The Hall–Kier alpha value is -0.860. The Kier molecular flexibility index (Phi) is 2.11. The minimum Gasteiger partial charge on any atom is -0.350 e. The van der Waals surface area contributed by atoms with Crippen LogP contribution in [0.3, 0.4) is 0 Å². The van der Waals surface area contributed by atoms with E-state index in [1.165, 1.54) is 5.56 Å². The lowest BCUT2D eigenvalue weighted by Gasteiger charge is -2.13. The van der Waals surface area contributed by atoms with Gasteiger partial charge in [0.1, 0.15) is 6.73 Å². The topological polar surface area (TPSA) is 21.3 Å². The van der Waals surface area contributed by atoms with E-state index in [0.29, 0.717) is 6.04 Å². The summed E-state index contributed by atoms with van der Waals surface area (Å²) in [5, 5.41) is 3.12. The van der Waals surface area contributed by atoms with Crippen LogP contribution >= 0.6 is 0 Å². The van der Waals surface area contributed by atoms with Crippen molar-refractivity contribution in [3.05, 3.63) is 42.6 Å². The third-order valence-electron chi connectivity index (χ3n) is 2.13. The first-order chi connectivity index (χ1) is 5.88. The van der Waals surface area contributed by atoms with Crippen molar-refractivity contribution in [2.45, 2.75) is 19.1 Å². The number of benzene rings is 1. The fourth-order valence-corrected chi connectivity index (χ4v) is 1.44. The van der Waals surface area contributed by atoms with Crippen LogP contribution in [0.15, 0.2) is 30.3 Å². The first kappa shape index (κ1) is 7.77. The molecule has 1 aromatic rings. The first-order valence-corrected chi connectivity index (χ1v) is 4.16. The van der Waals surface area contributed by atoms with Crippen LogP contribution in [0.1, 0.15) is 18.6 Å². The SMILES string of the molecule is C[C@@H]1N[CH]OC1c1ccccc1. The Balaban J connectivity index is 2.19. The summed E-state index contributed by atoms with van der Waals surface area (Å²) in [7, 11) is 0. The number of rotatable bonds is 1. The normalized spacial score (nSPS) is 29.1. The predicted molar refractivity (Wildman–Crippen MR) is 47.2 cm³/mol. The molecule has 0 spiro atoms. The first-order valence-electron chi connectivity index (χ1n) is 4.16. The molecule has 1 aliphatic rings. The maximum absolute atomic E-state index is 5.42. The average Bonchev–Trinajstić information content (AvgIpc) is 2.53. The quantitative estimate of drug-likeness (QED) is 0.680. The van der Waals surface area contributed by atoms with Gasteiger partial charge in [0.25, 0.3) is 0 Å². The van der Waals surface area contributed by atoms with E-state index >= 15 is 0 Å². The Morgan fingerprint density at radius 2 is 2.00 bits per heavy atom. The van der Waals surface area contributed by atoms with Gasteiger partial charge in [-0.3, -0.25) is 5.32 Å². The minimum atomic E-state index is 0.172. The van der Waals surface area contributed by atoms with Gasteiger partial charge < -0.3 is 4.74 Å². The van der Waals surface area contributed by atoms with Gasteiger partial charge in [-0.25, -0.2) is 0 Å². The molecule has 0 aromatic heterocycles. The van der Waals surface area contributed by atoms with Crippen LogP contribution in [0.2, 0.25) is 0 Å². The van der Waals surface area contributed by atoms with Crippen LogP contribution in [0, 0.1) is 6.73 Å². The zero-order valence-corrected chi connectivity index (χ0v) is 7.03. The number of ether oxygens (including phenoxy) is 1. The Morgan fingerprint density at radius 3 is 2.58 bits per heavy atom. The van der Waals surface area contributed by atoms with Crippen molar-refractivity contribution in [3.63, 3.8) is 0 Å². The van der Waals surface area contributed by atoms with Crippen LogP contribution in [0.5, 0.6) is 0 Å². The minimum absolute atomic E-state index is 0.172. The molecule has 63 valence electrons. The van der Waals surface area contributed by atoms with E-state index in [9.17, 15) is 0 Å². The highest BCUT2D eigenvalue weighted by molar-refractivity contribution is 5.20. The lowest BCUT2D eigenvalue weighted by molar-refractivity contribution is 0.147. The maximum Gasteiger partial charge on any atom is 0.149 e. The van der Waals surface area contributed by atoms with Crippen molar-refractivity contribution < 1.29 is 4.74 Å². The van der Waals surface area contributed by atoms with Gasteiger partial charge in [-0.15, -0.1) is 0 Å².